The molecule has 3 rings (SSSR count). The van der Waals surface area contributed by atoms with Crippen molar-refractivity contribution >= 4 is 34.7 Å². The molecule has 8 nitrogen and oxygen atoms in total. The molecule has 0 bridgehead atoms. The van der Waals surface area contributed by atoms with Crippen LogP contribution in [-0.2, 0) is 6.42 Å². The van der Waals surface area contributed by atoms with E-state index < -0.39 is 5.91 Å². The molecule has 0 aliphatic carbocycles. The van der Waals surface area contributed by atoms with E-state index in [4.69, 9.17) is 5.11 Å². The number of carbonyl (C=O) groups is 2. The summed E-state index contributed by atoms with van der Waals surface area (Å²) < 4.78 is 1.42. The Morgan fingerprint density at radius 2 is 1.88 bits per heavy atom. The Bertz CT molecular complexity index is 1150. The number of nitrogens with zero attached hydrogens (tertiary/aromatic N) is 2. The molecule has 0 saturated carbocycles. The van der Waals surface area contributed by atoms with Crippen molar-refractivity contribution in [3.05, 3.63) is 72.6 Å². The average Bonchev–Trinajstić information content (AvgIpc) is 3.08. The van der Waals surface area contributed by atoms with Gasteiger partial charge in [-0.05, 0) is 31.0 Å². The Balaban J connectivity index is 2.03. The Hall–Kier alpha value is -3.91. The van der Waals surface area contributed by atoms with Crippen LogP contribution in [0.4, 0.5) is 5.69 Å². The minimum absolute atomic E-state index is 0.00240. The van der Waals surface area contributed by atoms with Crippen molar-refractivity contribution in [3.63, 3.8) is 0 Å². The third kappa shape index (κ3) is 4.70. The molecule has 0 aliphatic heterocycles. The van der Waals surface area contributed by atoms with Gasteiger partial charge >= 0.3 is 0 Å². The second-order valence-electron chi connectivity index (χ2n) is 7.10. The van der Waals surface area contributed by atoms with Crippen LogP contribution >= 0.6 is 0 Å². The molecule has 0 aliphatic rings. The minimum Gasteiger partial charge on any atom is -0.505 e. The first-order chi connectivity index (χ1) is 15.5. The quantitative estimate of drug-likeness (QED) is 0.289. The van der Waals surface area contributed by atoms with Gasteiger partial charge in [0.25, 0.3) is 11.8 Å². The highest BCUT2D eigenvalue weighted by atomic mass is 16.3. The third-order valence-electron chi connectivity index (χ3n) is 4.92. The van der Waals surface area contributed by atoms with E-state index in [2.05, 4.69) is 28.8 Å². The predicted octanol–water partition coefficient (Wildman–Crippen LogP) is 3.33. The van der Waals surface area contributed by atoms with E-state index in [1.165, 1.54) is 10.8 Å². The Morgan fingerprint density at radius 3 is 2.53 bits per heavy atom. The van der Waals surface area contributed by atoms with Crippen LogP contribution in [0, 0.1) is 0 Å². The van der Waals surface area contributed by atoms with Crippen molar-refractivity contribution in [2.45, 2.75) is 19.3 Å². The molecule has 32 heavy (non-hydrogen) atoms. The topological polar surface area (TPSA) is 116 Å². The fraction of sp³-hybridized carbons (Fsp3) is 0.208. The van der Waals surface area contributed by atoms with Gasteiger partial charge in [0, 0.05) is 31.3 Å². The molecule has 2 amide bonds. The maximum absolute atomic E-state index is 12.7. The van der Waals surface area contributed by atoms with Crippen molar-refractivity contribution in [3.8, 4) is 5.75 Å². The van der Waals surface area contributed by atoms with E-state index in [1.54, 1.807) is 36.4 Å². The molecular weight excluding hydrogens is 408 g/mol. The van der Waals surface area contributed by atoms with E-state index in [1.807, 2.05) is 6.07 Å². The number of aromatic nitrogens is 2. The maximum Gasteiger partial charge on any atom is 0.272 e. The second kappa shape index (κ2) is 10.4. The smallest absolute Gasteiger partial charge is 0.272 e. The van der Waals surface area contributed by atoms with Crippen molar-refractivity contribution in [2.75, 3.05) is 18.5 Å². The average molecular weight is 434 g/mol. The van der Waals surface area contributed by atoms with E-state index in [9.17, 15) is 14.7 Å². The number of hydrogen-bond acceptors (Lipinski definition) is 5. The minimum atomic E-state index is -0.488. The molecule has 2 heterocycles. The molecule has 2 aromatic heterocycles. The summed E-state index contributed by atoms with van der Waals surface area (Å²) in [5.74, 6) is -1.06. The number of fused-ring (bicyclic) bond motifs is 1. The number of amides is 2. The van der Waals surface area contributed by atoms with E-state index in [0.29, 0.717) is 53.8 Å². The Kier molecular flexibility index (Phi) is 7.41. The van der Waals surface area contributed by atoms with E-state index in [-0.39, 0.29) is 24.0 Å². The lowest BCUT2D eigenvalue weighted by atomic mass is 10.1. The van der Waals surface area contributed by atoms with Gasteiger partial charge in [-0.15, -0.1) is 6.58 Å². The number of pyridine rings is 1. The van der Waals surface area contributed by atoms with Crippen molar-refractivity contribution in [2.24, 2.45) is 0 Å². The molecule has 0 spiro atoms. The fourth-order valence-electron chi connectivity index (χ4n) is 3.35. The van der Waals surface area contributed by atoms with Gasteiger partial charge in [0.05, 0.1) is 16.8 Å². The molecule has 0 fully saturated rings. The molecule has 1 aromatic carbocycles. The summed E-state index contributed by atoms with van der Waals surface area (Å²) in [7, 11) is 0. The first-order valence-corrected chi connectivity index (χ1v) is 10.3. The second-order valence-corrected chi connectivity index (χ2v) is 7.10. The van der Waals surface area contributed by atoms with Crippen molar-refractivity contribution in [1.82, 2.24) is 14.9 Å². The van der Waals surface area contributed by atoms with E-state index >= 15 is 0 Å². The summed E-state index contributed by atoms with van der Waals surface area (Å²) in [6.07, 6.45) is 4.59. The molecular formula is C24H26N4O4. The number of aromatic hydroxyl groups is 1. The van der Waals surface area contributed by atoms with Crippen molar-refractivity contribution < 1.29 is 19.8 Å². The number of hydrogen-bond donors (Lipinski definition) is 4. The largest absolute Gasteiger partial charge is 0.505 e. The SMILES string of the molecule is C=CCc1nc2c(cc1NC(=O)c1ccccc1)c(O)c(C(=O)NCCCCO)n2C=C. The van der Waals surface area contributed by atoms with Crippen LogP contribution in [0.25, 0.3) is 17.2 Å². The zero-order chi connectivity index (χ0) is 23.1. The molecule has 0 atom stereocenters. The molecule has 3 aromatic rings. The summed E-state index contributed by atoms with van der Waals surface area (Å²) in [6, 6.07) is 10.3. The third-order valence-corrected chi connectivity index (χ3v) is 4.92. The van der Waals surface area contributed by atoms with Crippen LogP contribution in [0.3, 0.4) is 0 Å². The Morgan fingerprint density at radius 1 is 1.12 bits per heavy atom. The van der Waals surface area contributed by atoms with Gasteiger partial charge in [0.1, 0.15) is 5.65 Å². The van der Waals surface area contributed by atoms with Crippen LogP contribution in [0.15, 0.2) is 55.6 Å². The number of rotatable bonds is 10. The zero-order valence-corrected chi connectivity index (χ0v) is 17.7. The summed E-state index contributed by atoms with van der Waals surface area (Å²) in [6.45, 7) is 7.88. The van der Waals surface area contributed by atoms with Gasteiger partial charge in [0.2, 0.25) is 0 Å². The van der Waals surface area contributed by atoms with Gasteiger partial charge < -0.3 is 20.8 Å². The van der Waals surface area contributed by atoms with Gasteiger partial charge in [-0.25, -0.2) is 4.98 Å². The van der Waals surface area contributed by atoms with E-state index in [0.717, 1.165) is 0 Å². The monoisotopic (exact) mass is 434 g/mol. The number of anilines is 1. The summed E-state index contributed by atoms with van der Waals surface area (Å²) >= 11 is 0. The van der Waals surface area contributed by atoms with Gasteiger partial charge in [-0.3, -0.25) is 14.2 Å². The summed E-state index contributed by atoms with van der Waals surface area (Å²) in [5, 5.41) is 25.6. The molecule has 0 radical (unpaired) electrons. The lowest BCUT2D eigenvalue weighted by molar-refractivity contribution is 0.0942. The number of aliphatic hydroxyl groups excluding tert-OH is 1. The van der Waals surface area contributed by atoms with Crippen LogP contribution < -0.4 is 10.6 Å². The highest BCUT2D eigenvalue weighted by Crippen LogP contribution is 2.34. The highest BCUT2D eigenvalue weighted by molar-refractivity contribution is 6.08. The molecule has 166 valence electrons. The van der Waals surface area contributed by atoms with Crippen LogP contribution in [0.5, 0.6) is 5.75 Å². The highest BCUT2D eigenvalue weighted by Gasteiger charge is 2.24. The first-order valence-electron chi connectivity index (χ1n) is 10.3. The summed E-state index contributed by atoms with van der Waals surface area (Å²) in [5.41, 5.74) is 1.77. The molecule has 4 N–H and O–H groups in total. The first kappa shape index (κ1) is 22.8. The molecule has 0 saturated heterocycles. The number of nitrogens with one attached hydrogen (secondary N) is 2. The lowest BCUT2D eigenvalue weighted by Gasteiger charge is -2.11. The summed E-state index contributed by atoms with van der Waals surface area (Å²) in [4.78, 5) is 30.0. The fourth-order valence-corrected chi connectivity index (χ4v) is 3.35. The van der Waals surface area contributed by atoms with Crippen molar-refractivity contribution in [1.29, 1.82) is 0 Å². The number of aliphatic hydroxyl groups is 1. The number of allylic oxidation sites excluding steroid dienone is 1. The number of unbranched alkanes of at least 4 members (excludes halogenated alkanes) is 1. The number of carbonyl (C=O) groups excluding carboxylic acids is 2. The molecule has 8 heteroatoms. The van der Waals surface area contributed by atoms with Crippen LogP contribution in [0.1, 0.15) is 39.4 Å². The zero-order valence-electron chi connectivity index (χ0n) is 17.7. The van der Waals surface area contributed by atoms with Gasteiger partial charge in [-0.2, -0.15) is 0 Å². The van der Waals surface area contributed by atoms with Gasteiger partial charge in [0.15, 0.2) is 11.4 Å². The van der Waals surface area contributed by atoms with Crippen LogP contribution in [-0.4, -0.2) is 44.7 Å². The normalized spacial score (nSPS) is 10.7. The maximum atomic E-state index is 12.7. The Labute approximate surface area is 185 Å². The van der Waals surface area contributed by atoms with Crippen LogP contribution in [0.2, 0.25) is 0 Å². The number of benzene rings is 1. The molecule has 0 unspecified atom stereocenters. The standard InChI is InChI=1S/C24H26N4O4/c1-3-10-18-19(27-23(31)16-11-6-5-7-12-16)15-17-21(30)20(28(4-2)22(17)26-18)24(32)25-13-8-9-14-29/h3-7,11-12,15,29-30H,1-2,8-10,13-14H2,(H,25,32)(H,27,31). The lowest BCUT2D eigenvalue weighted by Crippen LogP contribution is -2.26. The predicted molar refractivity (Wildman–Crippen MR) is 125 cm³/mol. The van der Waals surface area contributed by atoms with Gasteiger partial charge in [-0.1, -0.05) is 30.9 Å².